The topological polar surface area (TPSA) is 110 Å². The van der Waals surface area contributed by atoms with E-state index in [9.17, 15) is 23.3 Å². The summed E-state index contributed by atoms with van der Waals surface area (Å²) in [5.74, 6) is -0.489. The van der Waals surface area contributed by atoms with Crippen LogP contribution in [-0.2, 0) is 10.0 Å². The van der Waals surface area contributed by atoms with E-state index in [1.807, 2.05) is 0 Å². The van der Waals surface area contributed by atoms with E-state index in [0.717, 1.165) is 0 Å². The third-order valence-electron chi connectivity index (χ3n) is 3.78. The molecule has 8 nitrogen and oxygen atoms in total. The van der Waals surface area contributed by atoms with Crippen molar-refractivity contribution in [3.05, 3.63) is 64.2 Å². The van der Waals surface area contributed by atoms with Gasteiger partial charge in [-0.25, -0.2) is 8.42 Å². The highest BCUT2D eigenvalue weighted by Crippen LogP contribution is 2.20. The standard InChI is InChI=1S/C17H19N3O5S/c1-3-19(4-2)26(24,25)16-7-5-6-14(12-16)18-17(21)13-8-10-15(11-9-13)20(22)23/h5-12H,3-4H2,1-2H3,(H,18,21). The molecule has 1 N–H and O–H groups in total. The monoisotopic (exact) mass is 377 g/mol. The number of rotatable bonds is 7. The van der Waals surface area contributed by atoms with Gasteiger partial charge in [0.15, 0.2) is 0 Å². The van der Waals surface area contributed by atoms with Crippen LogP contribution in [0.3, 0.4) is 0 Å². The van der Waals surface area contributed by atoms with E-state index in [1.54, 1.807) is 26.0 Å². The van der Waals surface area contributed by atoms with Gasteiger partial charge in [-0.2, -0.15) is 4.31 Å². The summed E-state index contributed by atoms with van der Waals surface area (Å²) in [5.41, 5.74) is 0.433. The molecule has 0 bridgehead atoms. The number of non-ortho nitro benzene ring substituents is 1. The van der Waals surface area contributed by atoms with Gasteiger partial charge in [0.25, 0.3) is 11.6 Å². The van der Waals surface area contributed by atoms with Crippen LogP contribution in [0.4, 0.5) is 11.4 Å². The van der Waals surface area contributed by atoms with E-state index < -0.39 is 20.9 Å². The van der Waals surface area contributed by atoms with E-state index in [0.29, 0.717) is 18.8 Å². The predicted molar refractivity (Wildman–Crippen MR) is 97.6 cm³/mol. The lowest BCUT2D eigenvalue weighted by atomic mass is 10.2. The molecule has 138 valence electrons. The number of nitrogens with one attached hydrogen (secondary N) is 1. The van der Waals surface area contributed by atoms with Gasteiger partial charge in [-0.1, -0.05) is 19.9 Å². The summed E-state index contributed by atoms with van der Waals surface area (Å²) in [4.78, 5) is 22.4. The molecule has 0 aromatic heterocycles. The highest BCUT2D eigenvalue weighted by molar-refractivity contribution is 7.89. The van der Waals surface area contributed by atoms with Crippen LogP contribution in [0.1, 0.15) is 24.2 Å². The smallest absolute Gasteiger partial charge is 0.269 e. The maximum absolute atomic E-state index is 12.6. The Hall–Kier alpha value is -2.78. The number of amides is 1. The van der Waals surface area contributed by atoms with Gasteiger partial charge >= 0.3 is 0 Å². The van der Waals surface area contributed by atoms with Gasteiger partial charge in [-0.3, -0.25) is 14.9 Å². The van der Waals surface area contributed by atoms with E-state index in [1.165, 1.54) is 40.7 Å². The zero-order valence-electron chi connectivity index (χ0n) is 14.4. The number of sulfonamides is 1. The first-order valence-corrected chi connectivity index (χ1v) is 9.39. The highest BCUT2D eigenvalue weighted by atomic mass is 32.2. The van der Waals surface area contributed by atoms with Crippen LogP contribution in [0, 0.1) is 10.1 Å². The highest BCUT2D eigenvalue weighted by Gasteiger charge is 2.22. The Morgan fingerprint density at radius 3 is 2.27 bits per heavy atom. The number of hydrogen-bond donors (Lipinski definition) is 1. The van der Waals surface area contributed by atoms with Crippen LogP contribution < -0.4 is 5.32 Å². The Balaban J connectivity index is 2.23. The maximum Gasteiger partial charge on any atom is 0.269 e. The summed E-state index contributed by atoms with van der Waals surface area (Å²) in [7, 11) is -3.63. The number of benzene rings is 2. The van der Waals surface area contributed by atoms with Gasteiger partial charge in [-0.05, 0) is 30.3 Å². The van der Waals surface area contributed by atoms with Crippen LogP contribution in [0.15, 0.2) is 53.4 Å². The minimum Gasteiger partial charge on any atom is -0.322 e. The quantitative estimate of drug-likeness (QED) is 0.589. The number of nitrogens with zero attached hydrogens (tertiary/aromatic N) is 2. The summed E-state index contributed by atoms with van der Waals surface area (Å²) in [6, 6.07) is 11.1. The molecule has 0 fully saturated rings. The first kappa shape index (κ1) is 19.5. The van der Waals surface area contributed by atoms with Crippen molar-refractivity contribution in [2.45, 2.75) is 18.7 Å². The summed E-state index contributed by atoms with van der Waals surface area (Å²) in [6.45, 7) is 4.19. The minimum atomic E-state index is -3.63. The predicted octanol–water partition coefficient (Wildman–Crippen LogP) is 2.88. The zero-order valence-corrected chi connectivity index (χ0v) is 15.2. The Bertz CT molecular complexity index is 906. The summed E-state index contributed by atoms with van der Waals surface area (Å²) < 4.78 is 26.4. The first-order valence-electron chi connectivity index (χ1n) is 7.95. The van der Waals surface area contributed by atoms with Gasteiger partial charge in [0, 0.05) is 36.5 Å². The average Bonchev–Trinajstić information content (AvgIpc) is 2.62. The second kappa shape index (κ2) is 8.07. The zero-order chi connectivity index (χ0) is 19.3. The van der Waals surface area contributed by atoms with Gasteiger partial charge in [-0.15, -0.1) is 0 Å². The lowest BCUT2D eigenvalue weighted by molar-refractivity contribution is -0.384. The first-order chi connectivity index (χ1) is 12.3. The molecule has 0 heterocycles. The van der Waals surface area contributed by atoms with Gasteiger partial charge < -0.3 is 5.32 Å². The fourth-order valence-corrected chi connectivity index (χ4v) is 3.89. The van der Waals surface area contributed by atoms with Gasteiger partial charge in [0.1, 0.15) is 0 Å². The molecule has 0 unspecified atom stereocenters. The fraction of sp³-hybridized carbons (Fsp3) is 0.235. The van der Waals surface area contributed by atoms with E-state index in [2.05, 4.69) is 5.32 Å². The minimum absolute atomic E-state index is 0.0858. The Labute approximate surface area is 151 Å². The molecular weight excluding hydrogens is 358 g/mol. The van der Waals surface area contributed by atoms with Crippen LogP contribution in [0.5, 0.6) is 0 Å². The largest absolute Gasteiger partial charge is 0.322 e. The maximum atomic E-state index is 12.6. The second-order valence-corrected chi connectivity index (χ2v) is 7.31. The normalized spacial score (nSPS) is 11.3. The molecule has 2 rings (SSSR count). The molecule has 0 atom stereocenters. The van der Waals surface area contributed by atoms with Crippen LogP contribution in [0.25, 0.3) is 0 Å². The van der Waals surface area contributed by atoms with Crippen molar-refractivity contribution < 1.29 is 18.1 Å². The molecule has 1 amide bonds. The van der Waals surface area contributed by atoms with Crippen molar-refractivity contribution in [3.63, 3.8) is 0 Å². The second-order valence-electron chi connectivity index (χ2n) is 5.38. The molecule has 0 aliphatic carbocycles. The number of carbonyl (C=O) groups is 1. The van der Waals surface area contributed by atoms with Crippen molar-refractivity contribution >= 4 is 27.3 Å². The van der Waals surface area contributed by atoms with Crippen molar-refractivity contribution in [2.24, 2.45) is 0 Å². The molecule has 0 saturated heterocycles. The number of anilines is 1. The summed E-state index contributed by atoms with van der Waals surface area (Å²) in [6.07, 6.45) is 0. The number of nitro benzene ring substituents is 1. The van der Waals surface area contributed by atoms with Gasteiger partial charge in [0.2, 0.25) is 10.0 Å². The molecule has 26 heavy (non-hydrogen) atoms. The van der Waals surface area contributed by atoms with Crippen molar-refractivity contribution in [1.29, 1.82) is 0 Å². The van der Waals surface area contributed by atoms with E-state index >= 15 is 0 Å². The van der Waals surface area contributed by atoms with Crippen LogP contribution in [0.2, 0.25) is 0 Å². The lowest BCUT2D eigenvalue weighted by Crippen LogP contribution is -2.30. The third kappa shape index (κ3) is 4.24. The third-order valence-corrected chi connectivity index (χ3v) is 5.82. The van der Waals surface area contributed by atoms with Gasteiger partial charge in [0.05, 0.1) is 9.82 Å². The van der Waals surface area contributed by atoms with Crippen molar-refractivity contribution in [2.75, 3.05) is 18.4 Å². The van der Waals surface area contributed by atoms with Crippen molar-refractivity contribution in [3.8, 4) is 0 Å². The summed E-state index contributed by atoms with van der Waals surface area (Å²) in [5, 5.41) is 13.3. The molecule has 2 aromatic rings. The molecule has 0 aliphatic heterocycles. The Kier molecular flexibility index (Phi) is 6.06. The lowest BCUT2D eigenvalue weighted by Gasteiger charge is -2.18. The fourth-order valence-electron chi connectivity index (χ4n) is 2.38. The molecule has 0 spiro atoms. The van der Waals surface area contributed by atoms with E-state index in [4.69, 9.17) is 0 Å². The number of carbonyl (C=O) groups excluding carboxylic acids is 1. The number of nitro groups is 1. The Morgan fingerprint density at radius 1 is 1.12 bits per heavy atom. The van der Waals surface area contributed by atoms with Crippen LogP contribution >= 0.6 is 0 Å². The molecule has 0 aliphatic rings. The van der Waals surface area contributed by atoms with E-state index in [-0.39, 0.29) is 16.1 Å². The molecule has 2 aromatic carbocycles. The Morgan fingerprint density at radius 2 is 1.73 bits per heavy atom. The number of hydrogen-bond acceptors (Lipinski definition) is 5. The summed E-state index contributed by atoms with van der Waals surface area (Å²) >= 11 is 0. The average molecular weight is 377 g/mol. The molecule has 9 heteroatoms. The van der Waals surface area contributed by atoms with Crippen LogP contribution in [-0.4, -0.2) is 36.6 Å². The molecule has 0 radical (unpaired) electrons. The molecular formula is C17H19N3O5S. The van der Waals surface area contributed by atoms with Crippen molar-refractivity contribution in [1.82, 2.24) is 4.31 Å². The SMILES string of the molecule is CCN(CC)S(=O)(=O)c1cccc(NC(=O)c2ccc([N+](=O)[O-])cc2)c1. The molecule has 0 saturated carbocycles.